The van der Waals surface area contributed by atoms with E-state index in [1.165, 1.54) is 12.1 Å². The van der Waals surface area contributed by atoms with Crippen LogP contribution in [0.15, 0.2) is 48.5 Å². The standard InChI is InChI=1S/C23H23FN2O4/c24-16-6-8-20-18(10-16)19-11-17(7-9-21(19)26(20)12-23(28)29)25-22(27)14-30-13-15-4-2-1-3-5-15/h1-6,8,10,17H,7,9,11-14H2,(H,25,27)(H,28,29)/t17-/m0/s1. The van der Waals surface area contributed by atoms with Gasteiger partial charge in [-0.05, 0) is 48.6 Å². The number of carboxylic acid groups (broad SMARTS) is 1. The molecular weight excluding hydrogens is 387 g/mol. The summed E-state index contributed by atoms with van der Waals surface area (Å²) in [6.07, 6.45) is 1.84. The number of carbonyl (C=O) groups excluding carboxylic acids is 1. The van der Waals surface area contributed by atoms with Gasteiger partial charge in [0.1, 0.15) is 19.0 Å². The molecule has 1 atom stereocenters. The zero-order valence-electron chi connectivity index (χ0n) is 16.4. The first kappa shape index (κ1) is 20.1. The van der Waals surface area contributed by atoms with Crippen molar-refractivity contribution in [1.29, 1.82) is 0 Å². The van der Waals surface area contributed by atoms with Crippen molar-refractivity contribution in [2.75, 3.05) is 6.61 Å². The van der Waals surface area contributed by atoms with Gasteiger partial charge in [0.25, 0.3) is 0 Å². The highest BCUT2D eigenvalue weighted by Crippen LogP contribution is 2.33. The molecule has 156 valence electrons. The number of nitrogens with one attached hydrogen (secondary N) is 1. The van der Waals surface area contributed by atoms with Gasteiger partial charge in [0.15, 0.2) is 0 Å². The smallest absolute Gasteiger partial charge is 0.323 e. The van der Waals surface area contributed by atoms with E-state index in [0.717, 1.165) is 16.8 Å². The van der Waals surface area contributed by atoms with E-state index in [1.54, 1.807) is 10.6 Å². The zero-order valence-corrected chi connectivity index (χ0v) is 16.4. The van der Waals surface area contributed by atoms with Crippen LogP contribution in [0, 0.1) is 5.82 Å². The average Bonchev–Trinajstić information content (AvgIpc) is 3.01. The fraction of sp³-hybridized carbons (Fsp3) is 0.304. The lowest BCUT2D eigenvalue weighted by Gasteiger charge is -2.25. The van der Waals surface area contributed by atoms with E-state index in [1.807, 2.05) is 30.3 Å². The number of hydrogen-bond donors (Lipinski definition) is 2. The lowest BCUT2D eigenvalue weighted by atomic mass is 9.91. The van der Waals surface area contributed by atoms with Crippen LogP contribution in [-0.4, -0.2) is 34.2 Å². The van der Waals surface area contributed by atoms with Crippen LogP contribution in [0.2, 0.25) is 0 Å². The Morgan fingerprint density at radius 3 is 2.77 bits per heavy atom. The second kappa shape index (κ2) is 8.67. The summed E-state index contributed by atoms with van der Waals surface area (Å²) in [4.78, 5) is 23.6. The van der Waals surface area contributed by atoms with Crippen molar-refractivity contribution in [3.05, 3.63) is 71.2 Å². The molecule has 3 aromatic rings. The summed E-state index contributed by atoms with van der Waals surface area (Å²) in [6, 6.07) is 13.9. The monoisotopic (exact) mass is 410 g/mol. The molecule has 0 aliphatic heterocycles. The van der Waals surface area contributed by atoms with Crippen molar-refractivity contribution in [3.8, 4) is 0 Å². The van der Waals surface area contributed by atoms with Gasteiger partial charge < -0.3 is 19.7 Å². The molecule has 6 nitrogen and oxygen atoms in total. The summed E-state index contributed by atoms with van der Waals surface area (Å²) in [7, 11) is 0. The molecule has 2 N–H and O–H groups in total. The number of rotatable bonds is 7. The molecule has 1 aromatic heterocycles. The first-order valence-electron chi connectivity index (χ1n) is 9.93. The predicted molar refractivity (Wildman–Crippen MR) is 110 cm³/mol. The minimum atomic E-state index is -0.940. The van der Waals surface area contributed by atoms with Crippen LogP contribution in [0.3, 0.4) is 0 Å². The van der Waals surface area contributed by atoms with Crippen molar-refractivity contribution < 1.29 is 23.8 Å². The first-order valence-corrected chi connectivity index (χ1v) is 9.93. The predicted octanol–water partition coefficient (Wildman–Crippen LogP) is 3.06. The quantitative estimate of drug-likeness (QED) is 0.627. The molecule has 0 spiro atoms. The summed E-state index contributed by atoms with van der Waals surface area (Å²) in [5, 5.41) is 13.0. The molecular formula is C23H23FN2O4. The van der Waals surface area contributed by atoms with E-state index in [0.29, 0.717) is 36.8 Å². The summed E-state index contributed by atoms with van der Waals surface area (Å²) in [5.74, 6) is -1.50. The lowest BCUT2D eigenvalue weighted by Crippen LogP contribution is -2.40. The molecule has 0 unspecified atom stereocenters. The fourth-order valence-electron chi connectivity index (χ4n) is 4.17. The van der Waals surface area contributed by atoms with Gasteiger partial charge in [-0.1, -0.05) is 30.3 Å². The number of amides is 1. The average molecular weight is 410 g/mol. The molecule has 0 fully saturated rings. The third-order valence-corrected chi connectivity index (χ3v) is 5.43. The Kier molecular flexibility index (Phi) is 5.81. The number of fused-ring (bicyclic) bond motifs is 3. The van der Waals surface area contributed by atoms with Crippen LogP contribution < -0.4 is 5.32 Å². The van der Waals surface area contributed by atoms with Crippen molar-refractivity contribution in [3.63, 3.8) is 0 Å². The first-order chi connectivity index (χ1) is 14.5. The number of aromatic nitrogens is 1. The molecule has 0 saturated heterocycles. The second-order valence-corrected chi connectivity index (χ2v) is 7.55. The van der Waals surface area contributed by atoms with Crippen molar-refractivity contribution in [2.24, 2.45) is 0 Å². The summed E-state index contributed by atoms with van der Waals surface area (Å²) >= 11 is 0. The maximum absolute atomic E-state index is 13.9. The number of aliphatic carboxylic acids is 1. The van der Waals surface area contributed by atoms with E-state index in [4.69, 9.17) is 4.74 Å². The van der Waals surface area contributed by atoms with E-state index in [2.05, 4.69) is 5.32 Å². The number of halogens is 1. The van der Waals surface area contributed by atoms with Gasteiger partial charge in [0, 0.05) is 22.6 Å². The fourth-order valence-corrected chi connectivity index (χ4v) is 4.17. The largest absolute Gasteiger partial charge is 0.480 e. The molecule has 0 radical (unpaired) electrons. The Morgan fingerprint density at radius 1 is 1.20 bits per heavy atom. The molecule has 1 amide bonds. The lowest BCUT2D eigenvalue weighted by molar-refractivity contribution is -0.137. The molecule has 0 saturated carbocycles. The Bertz CT molecular complexity index is 1080. The van der Waals surface area contributed by atoms with Gasteiger partial charge in [-0.2, -0.15) is 0 Å². The summed E-state index contributed by atoms with van der Waals surface area (Å²) in [5.41, 5.74) is 3.53. The summed E-state index contributed by atoms with van der Waals surface area (Å²) < 4.78 is 21.1. The van der Waals surface area contributed by atoms with Gasteiger partial charge in [-0.15, -0.1) is 0 Å². The molecule has 4 rings (SSSR count). The van der Waals surface area contributed by atoms with Crippen LogP contribution in [0.5, 0.6) is 0 Å². The molecule has 2 aromatic carbocycles. The van der Waals surface area contributed by atoms with Gasteiger partial charge in [-0.25, -0.2) is 4.39 Å². The maximum Gasteiger partial charge on any atom is 0.323 e. The van der Waals surface area contributed by atoms with E-state index in [-0.39, 0.29) is 30.9 Å². The van der Waals surface area contributed by atoms with Crippen molar-refractivity contribution in [1.82, 2.24) is 9.88 Å². The summed E-state index contributed by atoms with van der Waals surface area (Å²) in [6.45, 7) is 0.167. The van der Waals surface area contributed by atoms with Crippen LogP contribution in [0.4, 0.5) is 4.39 Å². The normalized spacial score (nSPS) is 15.7. The minimum Gasteiger partial charge on any atom is -0.480 e. The Morgan fingerprint density at radius 2 is 2.00 bits per heavy atom. The van der Waals surface area contributed by atoms with Gasteiger partial charge in [0.05, 0.1) is 6.61 Å². The second-order valence-electron chi connectivity index (χ2n) is 7.55. The van der Waals surface area contributed by atoms with E-state index in [9.17, 15) is 19.1 Å². The number of hydrogen-bond acceptors (Lipinski definition) is 3. The third kappa shape index (κ3) is 4.36. The highest BCUT2D eigenvalue weighted by Gasteiger charge is 2.27. The highest BCUT2D eigenvalue weighted by atomic mass is 19.1. The molecule has 1 aliphatic carbocycles. The molecule has 1 heterocycles. The number of ether oxygens (including phenoxy) is 1. The highest BCUT2D eigenvalue weighted by molar-refractivity contribution is 5.87. The SMILES string of the molecule is O=C(O)Cn1c2c(c3cc(F)ccc31)C[C@@H](NC(=O)COCc1ccccc1)CC2. The number of carboxylic acids is 1. The molecule has 30 heavy (non-hydrogen) atoms. The van der Waals surface area contributed by atoms with E-state index >= 15 is 0 Å². The minimum absolute atomic E-state index is 0.0341. The molecule has 7 heteroatoms. The van der Waals surface area contributed by atoms with Gasteiger partial charge >= 0.3 is 5.97 Å². The number of nitrogens with zero attached hydrogens (tertiary/aromatic N) is 1. The molecule has 0 bridgehead atoms. The third-order valence-electron chi connectivity index (χ3n) is 5.43. The topological polar surface area (TPSA) is 80.6 Å². The Hall–Kier alpha value is -3.19. The van der Waals surface area contributed by atoms with Crippen molar-refractivity contribution in [2.45, 2.75) is 38.5 Å². The van der Waals surface area contributed by atoms with Gasteiger partial charge in [-0.3, -0.25) is 9.59 Å². The maximum atomic E-state index is 13.9. The van der Waals surface area contributed by atoms with Crippen LogP contribution in [-0.2, 0) is 40.3 Å². The Labute approximate surface area is 173 Å². The van der Waals surface area contributed by atoms with Crippen LogP contribution >= 0.6 is 0 Å². The molecule has 1 aliphatic rings. The van der Waals surface area contributed by atoms with E-state index < -0.39 is 5.97 Å². The number of benzene rings is 2. The number of carbonyl (C=O) groups is 2. The van der Waals surface area contributed by atoms with Crippen molar-refractivity contribution >= 4 is 22.8 Å². The Balaban J connectivity index is 1.44. The van der Waals surface area contributed by atoms with Crippen LogP contribution in [0.25, 0.3) is 10.9 Å². The van der Waals surface area contributed by atoms with Crippen LogP contribution in [0.1, 0.15) is 23.2 Å². The zero-order chi connectivity index (χ0) is 21.1. The van der Waals surface area contributed by atoms with Gasteiger partial charge in [0.2, 0.25) is 5.91 Å².